The number of carbonyl (C=O) groups excluding carboxylic acids is 1. The van der Waals surface area contributed by atoms with E-state index in [9.17, 15) is 13.2 Å². The quantitative estimate of drug-likeness (QED) is 0.610. The fourth-order valence-electron chi connectivity index (χ4n) is 4.08. The molecule has 1 atom stereocenters. The van der Waals surface area contributed by atoms with Crippen molar-refractivity contribution in [1.82, 2.24) is 5.32 Å². The van der Waals surface area contributed by atoms with Gasteiger partial charge in [-0.1, -0.05) is 32.0 Å². The van der Waals surface area contributed by atoms with Crippen molar-refractivity contribution in [2.75, 3.05) is 23.7 Å². The molecule has 0 saturated heterocycles. The number of hydrogen-bond acceptors (Lipinski definition) is 5. The Hall–Kier alpha value is -2.74. The first-order valence-electron chi connectivity index (χ1n) is 11.0. The number of hydrogen-bond donors (Lipinski definition) is 1. The minimum Gasteiger partial charge on any atom is -0.494 e. The molecular formula is C24H32N2O5S. The molecule has 0 aromatic heterocycles. The van der Waals surface area contributed by atoms with Crippen LogP contribution in [0.3, 0.4) is 0 Å². The number of nitrogens with one attached hydrogen (secondary N) is 1. The highest BCUT2D eigenvalue weighted by atomic mass is 32.2. The first-order valence-corrected chi connectivity index (χ1v) is 12.8. The number of carbonyl (C=O) groups is 1. The third kappa shape index (κ3) is 5.35. The summed E-state index contributed by atoms with van der Waals surface area (Å²) in [6.07, 6.45) is 3.35. The van der Waals surface area contributed by atoms with Crippen LogP contribution in [0.15, 0.2) is 48.5 Å². The van der Waals surface area contributed by atoms with E-state index in [0.29, 0.717) is 24.5 Å². The molecule has 1 N–H and O–H groups in total. The van der Waals surface area contributed by atoms with Crippen LogP contribution in [0, 0.1) is 0 Å². The van der Waals surface area contributed by atoms with Gasteiger partial charge in [-0.2, -0.15) is 0 Å². The highest BCUT2D eigenvalue weighted by molar-refractivity contribution is 7.92. The molecule has 0 saturated carbocycles. The lowest BCUT2D eigenvalue weighted by molar-refractivity contribution is -0.121. The van der Waals surface area contributed by atoms with Gasteiger partial charge in [-0.3, -0.25) is 9.10 Å². The van der Waals surface area contributed by atoms with Crippen molar-refractivity contribution < 1.29 is 22.7 Å². The molecule has 0 bridgehead atoms. The number of amides is 1. The van der Waals surface area contributed by atoms with E-state index in [2.05, 4.69) is 19.2 Å². The van der Waals surface area contributed by atoms with Gasteiger partial charge in [0.15, 0.2) is 0 Å². The minimum absolute atomic E-state index is 0.255. The molecule has 0 radical (unpaired) electrons. The highest BCUT2D eigenvalue weighted by Crippen LogP contribution is 2.42. The topological polar surface area (TPSA) is 84.9 Å². The van der Waals surface area contributed by atoms with Gasteiger partial charge in [0.1, 0.15) is 23.6 Å². The highest BCUT2D eigenvalue weighted by Gasteiger charge is 2.39. The monoisotopic (exact) mass is 460 g/mol. The number of sulfonamides is 1. The summed E-state index contributed by atoms with van der Waals surface area (Å²) in [4.78, 5) is 13.0. The van der Waals surface area contributed by atoms with Gasteiger partial charge in [0, 0.05) is 12.0 Å². The largest absolute Gasteiger partial charge is 0.494 e. The summed E-state index contributed by atoms with van der Waals surface area (Å²) in [6.45, 7) is 6.24. The van der Waals surface area contributed by atoms with Gasteiger partial charge in [0.2, 0.25) is 15.9 Å². The predicted molar refractivity (Wildman–Crippen MR) is 126 cm³/mol. The Labute approximate surface area is 190 Å². The van der Waals surface area contributed by atoms with E-state index in [1.807, 2.05) is 31.2 Å². The van der Waals surface area contributed by atoms with E-state index >= 15 is 0 Å². The molecular weight excluding hydrogens is 428 g/mol. The maximum Gasteiger partial charge on any atom is 0.241 e. The molecule has 2 aromatic rings. The third-order valence-corrected chi connectivity index (χ3v) is 7.08. The maximum absolute atomic E-state index is 13.0. The molecule has 1 amide bonds. The second-order valence-electron chi connectivity index (χ2n) is 8.05. The Bertz CT molecular complexity index is 1030. The molecule has 0 fully saturated rings. The first kappa shape index (κ1) is 23.9. The van der Waals surface area contributed by atoms with Crippen molar-refractivity contribution >= 4 is 21.6 Å². The number of fused-ring (bicyclic) bond motifs is 1. The average molecular weight is 461 g/mol. The van der Waals surface area contributed by atoms with Crippen molar-refractivity contribution in [2.45, 2.75) is 51.7 Å². The lowest BCUT2D eigenvalue weighted by atomic mass is 9.83. The molecule has 174 valence electrons. The smallest absolute Gasteiger partial charge is 0.241 e. The zero-order chi connectivity index (χ0) is 23.4. The van der Waals surface area contributed by atoms with E-state index in [1.54, 1.807) is 24.3 Å². The second-order valence-corrected chi connectivity index (χ2v) is 9.96. The summed E-state index contributed by atoms with van der Waals surface area (Å²) in [5.41, 5.74) is 0.957. The third-order valence-electron chi connectivity index (χ3n) is 5.94. The van der Waals surface area contributed by atoms with E-state index in [4.69, 9.17) is 9.47 Å². The Kier molecular flexibility index (Phi) is 7.33. The van der Waals surface area contributed by atoms with E-state index in [0.717, 1.165) is 34.7 Å². The normalized spacial score (nSPS) is 17.1. The Morgan fingerprint density at radius 1 is 1.12 bits per heavy atom. The summed E-state index contributed by atoms with van der Waals surface area (Å²) in [7, 11) is -3.66. The summed E-state index contributed by atoms with van der Waals surface area (Å²) in [5.74, 6) is 1.04. The van der Waals surface area contributed by atoms with E-state index in [1.165, 1.54) is 0 Å². The van der Waals surface area contributed by atoms with Crippen LogP contribution in [0.5, 0.6) is 11.5 Å². The van der Waals surface area contributed by atoms with Gasteiger partial charge < -0.3 is 14.8 Å². The zero-order valence-electron chi connectivity index (χ0n) is 19.1. The summed E-state index contributed by atoms with van der Waals surface area (Å²) >= 11 is 0. The standard InChI is InChI=1S/C24H32N2O5S/c1-5-24(6-2)16-21(20-10-8-9-11-22(20)31-24)25-23(27)17-26(32(4,28)29)18-12-14-19(15-13-18)30-7-3/h8-15,21H,5-7,16-17H2,1-4H3,(H,25,27)/t21-/m1/s1. The van der Waals surface area contributed by atoms with Gasteiger partial charge in [-0.05, 0) is 50.1 Å². The van der Waals surface area contributed by atoms with Crippen molar-refractivity contribution in [1.29, 1.82) is 0 Å². The SMILES string of the molecule is CCOc1ccc(N(CC(=O)N[C@@H]2CC(CC)(CC)Oc3ccccc32)S(C)(=O)=O)cc1. The Balaban J connectivity index is 1.81. The van der Waals surface area contributed by atoms with E-state index in [-0.39, 0.29) is 24.1 Å². The number of anilines is 1. The van der Waals surface area contributed by atoms with Crippen molar-refractivity contribution in [3.63, 3.8) is 0 Å². The molecule has 7 nitrogen and oxygen atoms in total. The second kappa shape index (κ2) is 9.81. The molecule has 0 spiro atoms. The van der Waals surface area contributed by atoms with Crippen molar-refractivity contribution in [3.05, 3.63) is 54.1 Å². The van der Waals surface area contributed by atoms with Gasteiger partial charge in [-0.15, -0.1) is 0 Å². The van der Waals surface area contributed by atoms with Crippen LogP contribution in [0.2, 0.25) is 0 Å². The number of ether oxygens (including phenoxy) is 2. The number of para-hydroxylation sites is 1. The van der Waals surface area contributed by atoms with Crippen LogP contribution >= 0.6 is 0 Å². The predicted octanol–water partition coefficient (Wildman–Crippen LogP) is 4.05. The molecule has 1 aliphatic rings. The molecule has 1 aliphatic heterocycles. The molecule has 8 heteroatoms. The van der Waals surface area contributed by atoms with Gasteiger partial charge in [0.05, 0.1) is 24.6 Å². The van der Waals surface area contributed by atoms with E-state index < -0.39 is 10.0 Å². The molecule has 1 heterocycles. The zero-order valence-corrected chi connectivity index (χ0v) is 19.9. The van der Waals surface area contributed by atoms with Gasteiger partial charge >= 0.3 is 0 Å². The van der Waals surface area contributed by atoms with Crippen LogP contribution < -0.4 is 19.1 Å². The summed E-state index contributed by atoms with van der Waals surface area (Å²) < 4.78 is 37.7. The van der Waals surface area contributed by atoms with Crippen molar-refractivity contribution in [2.24, 2.45) is 0 Å². The van der Waals surface area contributed by atoms with Crippen LogP contribution in [0.4, 0.5) is 5.69 Å². The molecule has 0 aliphatic carbocycles. The summed E-state index contributed by atoms with van der Waals surface area (Å²) in [6, 6.07) is 14.1. The van der Waals surface area contributed by atoms with Crippen molar-refractivity contribution in [3.8, 4) is 11.5 Å². The molecule has 3 rings (SSSR count). The van der Waals surface area contributed by atoms with Gasteiger partial charge in [0.25, 0.3) is 0 Å². The Morgan fingerprint density at radius 2 is 1.78 bits per heavy atom. The van der Waals surface area contributed by atoms with Gasteiger partial charge in [-0.25, -0.2) is 8.42 Å². The molecule has 0 unspecified atom stereocenters. The summed E-state index contributed by atoms with van der Waals surface area (Å²) in [5, 5.41) is 3.05. The molecule has 32 heavy (non-hydrogen) atoms. The van der Waals surface area contributed by atoms with Crippen LogP contribution in [-0.2, 0) is 14.8 Å². The Morgan fingerprint density at radius 3 is 2.38 bits per heavy atom. The fourth-order valence-corrected chi connectivity index (χ4v) is 4.93. The van der Waals surface area contributed by atoms with Crippen LogP contribution in [-0.4, -0.2) is 39.3 Å². The number of benzene rings is 2. The lowest BCUT2D eigenvalue weighted by Gasteiger charge is -2.41. The lowest BCUT2D eigenvalue weighted by Crippen LogP contribution is -2.47. The first-order chi connectivity index (χ1) is 15.2. The number of nitrogens with zero attached hydrogens (tertiary/aromatic N) is 1. The molecule has 2 aromatic carbocycles. The minimum atomic E-state index is -3.66. The fraction of sp³-hybridized carbons (Fsp3) is 0.458. The average Bonchev–Trinajstić information content (AvgIpc) is 2.77. The van der Waals surface area contributed by atoms with Crippen LogP contribution in [0.1, 0.15) is 51.6 Å². The van der Waals surface area contributed by atoms with Crippen LogP contribution in [0.25, 0.3) is 0 Å². The number of rotatable bonds is 9. The maximum atomic E-state index is 13.0.